The van der Waals surface area contributed by atoms with Gasteiger partial charge in [0.15, 0.2) is 0 Å². The average molecular weight is 534 g/mol. The van der Waals surface area contributed by atoms with Crippen molar-refractivity contribution in [2.24, 2.45) is 0 Å². The van der Waals surface area contributed by atoms with E-state index in [0.717, 1.165) is 37.5 Å². The summed E-state index contributed by atoms with van der Waals surface area (Å²) in [6, 6.07) is 30.2. The number of hydrogen-bond acceptors (Lipinski definition) is 1. The van der Waals surface area contributed by atoms with E-state index >= 15 is 0 Å². The highest BCUT2D eigenvalue weighted by Gasteiger charge is 2.18. The molecule has 172 valence electrons. The summed E-state index contributed by atoms with van der Waals surface area (Å²) >= 11 is 3.65. The Morgan fingerprint density at radius 2 is 1.14 bits per heavy atom. The first-order chi connectivity index (χ1) is 17.8. The molecule has 0 spiro atoms. The van der Waals surface area contributed by atoms with E-state index in [-0.39, 0.29) is 0 Å². The van der Waals surface area contributed by atoms with Gasteiger partial charge < -0.3 is 4.42 Å². The summed E-state index contributed by atoms with van der Waals surface area (Å²) in [5.41, 5.74) is 15.9. The Morgan fingerprint density at radius 3 is 1.86 bits per heavy atom. The van der Waals surface area contributed by atoms with Crippen LogP contribution >= 0.6 is 15.9 Å². The summed E-state index contributed by atoms with van der Waals surface area (Å²) in [7, 11) is 11.2. The van der Waals surface area contributed by atoms with Crippen LogP contribution in [0, 0.1) is 0 Å². The standard InChI is InChI=1S/C30H24B5BrO/c31-25-23(26(32)28(34)29(35)27(25)33)17-7-3-5-15(13-17)20-12-11-19(16-6-4-8-18(36)14-16)24-21-9-1-2-10-22(21)37-30(20)24/h1-14H,31-35H2. The molecule has 0 aliphatic rings. The van der Waals surface area contributed by atoms with Gasteiger partial charge in [0.2, 0.25) is 0 Å². The first kappa shape index (κ1) is 24.1. The maximum atomic E-state index is 6.57. The van der Waals surface area contributed by atoms with Crippen LogP contribution in [0.25, 0.3) is 55.3 Å². The maximum absolute atomic E-state index is 6.57. The topological polar surface area (TPSA) is 13.1 Å². The molecule has 5 aromatic carbocycles. The molecule has 0 radical (unpaired) electrons. The van der Waals surface area contributed by atoms with E-state index in [1.807, 2.05) is 6.07 Å². The molecule has 0 amide bonds. The summed E-state index contributed by atoms with van der Waals surface area (Å²) in [6.45, 7) is 0. The number of halogens is 1. The molecular formula is C30H24B5BrO. The minimum atomic E-state index is 0.911. The van der Waals surface area contributed by atoms with Gasteiger partial charge in [-0.15, -0.1) is 16.4 Å². The lowest BCUT2D eigenvalue weighted by Gasteiger charge is -2.21. The minimum absolute atomic E-state index is 0.911. The lowest BCUT2D eigenvalue weighted by Crippen LogP contribution is -2.55. The monoisotopic (exact) mass is 534 g/mol. The Kier molecular flexibility index (Phi) is 6.00. The van der Waals surface area contributed by atoms with Crippen LogP contribution in [0.3, 0.4) is 0 Å². The fraction of sp³-hybridized carbons (Fsp3) is 0. The van der Waals surface area contributed by atoms with Gasteiger partial charge in [0.25, 0.3) is 0 Å². The van der Waals surface area contributed by atoms with Gasteiger partial charge in [0.1, 0.15) is 50.4 Å². The van der Waals surface area contributed by atoms with Crippen molar-refractivity contribution in [1.29, 1.82) is 0 Å². The van der Waals surface area contributed by atoms with Crippen molar-refractivity contribution in [2.45, 2.75) is 0 Å². The smallest absolute Gasteiger partial charge is 0.143 e. The molecule has 0 saturated heterocycles. The first-order valence-electron chi connectivity index (χ1n) is 12.7. The highest BCUT2D eigenvalue weighted by atomic mass is 79.9. The van der Waals surface area contributed by atoms with Crippen LogP contribution in [0.15, 0.2) is 93.8 Å². The van der Waals surface area contributed by atoms with Gasteiger partial charge in [-0.3, -0.25) is 0 Å². The van der Waals surface area contributed by atoms with E-state index < -0.39 is 0 Å². The highest BCUT2D eigenvalue weighted by Crippen LogP contribution is 2.42. The van der Waals surface area contributed by atoms with Crippen LogP contribution in [-0.2, 0) is 0 Å². The quantitative estimate of drug-likeness (QED) is 0.304. The summed E-state index contributed by atoms with van der Waals surface area (Å²) in [4.78, 5) is 0. The predicted octanol–water partition coefficient (Wildman–Crippen LogP) is 0.642. The maximum Gasteiger partial charge on any atom is 0.143 e. The van der Waals surface area contributed by atoms with Crippen LogP contribution < -0.4 is 27.3 Å². The molecular weight excluding hydrogens is 510 g/mol. The molecule has 37 heavy (non-hydrogen) atoms. The zero-order chi connectivity index (χ0) is 25.8. The molecule has 0 unspecified atom stereocenters. The summed E-state index contributed by atoms with van der Waals surface area (Å²) in [5.74, 6) is 0. The average Bonchev–Trinajstić information content (AvgIpc) is 3.30. The summed E-state index contributed by atoms with van der Waals surface area (Å²) < 4.78 is 7.63. The number of furan rings is 1. The second kappa shape index (κ2) is 9.22. The number of rotatable bonds is 3. The van der Waals surface area contributed by atoms with Crippen molar-refractivity contribution in [1.82, 2.24) is 0 Å². The molecule has 0 aliphatic carbocycles. The molecule has 0 saturated carbocycles. The lowest BCUT2D eigenvalue weighted by atomic mass is 9.59. The van der Waals surface area contributed by atoms with Crippen molar-refractivity contribution >= 4 is 104 Å². The molecule has 0 aliphatic heterocycles. The van der Waals surface area contributed by atoms with Gasteiger partial charge in [0.05, 0.1) is 0 Å². The van der Waals surface area contributed by atoms with Gasteiger partial charge in [0, 0.05) is 20.8 Å². The van der Waals surface area contributed by atoms with Crippen LogP contribution in [0.4, 0.5) is 0 Å². The number of benzene rings is 5. The van der Waals surface area contributed by atoms with E-state index in [1.165, 1.54) is 49.6 Å². The Balaban J connectivity index is 1.62. The molecule has 0 N–H and O–H groups in total. The zero-order valence-electron chi connectivity index (χ0n) is 21.9. The molecule has 1 nitrogen and oxygen atoms in total. The van der Waals surface area contributed by atoms with Crippen LogP contribution in [-0.4, -0.2) is 39.2 Å². The van der Waals surface area contributed by atoms with Crippen molar-refractivity contribution in [3.8, 4) is 33.4 Å². The predicted molar refractivity (Wildman–Crippen MR) is 179 cm³/mol. The molecule has 6 rings (SSSR count). The third kappa shape index (κ3) is 3.92. The molecule has 0 atom stereocenters. The zero-order valence-corrected chi connectivity index (χ0v) is 23.5. The minimum Gasteiger partial charge on any atom is -0.455 e. The Labute approximate surface area is 230 Å². The molecule has 1 aromatic heterocycles. The molecule has 0 bridgehead atoms. The van der Waals surface area contributed by atoms with E-state index in [9.17, 15) is 0 Å². The highest BCUT2D eigenvalue weighted by molar-refractivity contribution is 9.10. The number of para-hydroxylation sites is 1. The van der Waals surface area contributed by atoms with Crippen molar-refractivity contribution < 1.29 is 4.42 Å². The van der Waals surface area contributed by atoms with Crippen LogP contribution in [0.5, 0.6) is 0 Å². The number of fused-ring (bicyclic) bond motifs is 3. The SMILES string of the molecule is Bc1c(B)c(B)c(-c2cccc(-c3ccc(-c4cccc(Br)c4)c4c3oc3ccccc34)c2)c(B)c1B. The van der Waals surface area contributed by atoms with E-state index in [0.29, 0.717) is 0 Å². The van der Waals surface area contributed by atoms with Crippen LogP contribution in [0.1, 0.15) is 0 Å². The first-order valence-corrected chi connectivity index (χ1v) is 13.5. The second-order valence-corrected chi connectivity index (χ2v) is 11.0. The van der Waals surface area contributed by atoms with Gasteiger partial charge >= 0.3 is 0 Å². The molecule has 6 aromatic rings. The van der Waals surface area contributed by atoms with Crippen LogP contribution in [0.2, 0.25) is 0 Å². The summed E-state index contributed by atoms with van der Waals surface area (Å²) in [5, 5.41) is 2.30. The van der Waals surface area contributed by atoms with Crippen molar-refractivity contribution in [3.05, 3.63) is 89.4 Å². The van der Waals surface area contributed by atoms with Crippen molar-refractivity contribution in [2.75, 3.05) is 0 Å². The fourth-order valence-electron chi connectivity index (χ4n) is 5.73. The lowest BCUT2D eigenvalue weighted by molar-refractivity contribution is 0.670. The molecule has 0 fully saturated rings. The van der Waals surface area contributed by atoms with Gasteiger partial charge in [-0.2, -0.15) is 0 Å². The molecule has 7 heteroatoms. The Bertz CT molecular complexity index is 1830. The largest absolute Gasteiger partial charge is 0.455 e. The third-order valence-corrected chi connectivity index (χ3v) is 8.62. The normalized spacial score (nSPS) is 11.4. The van der Waals surface area contributed by atoms with Crippen molar-refractivity contribution in [3.63, 3.8) is 0 Å². The second-order valence-electron chi connectivity index (χ2n) is 10.1. The van der Waals surface area contributed by atoms with Gasteiger partial charge in [-0.25, -0.2) is 0 Å². The third-order valence-electron chi connectivity index (χ3n) is 8.12. The number of hydrogen-bond donors (Lipinski definition) is 0. The molecule has 1 heterocycles. The Morgan fingerprint density at radius 1 is 0.541 bits per heavy atom. The summed E-state index contributed by atoms with van der Waals surface area (Å²) in [6.07, 6.45) is 0. The van der Waals surface area contributed by atoms with E-state index in [1.54, 1.807) is 0 Å². The van der Waals surface area contributed by atoms with Gasteiger partial charge in [-0.1, -0.05) is 81.5 Å². The van der Waals surface area contributed by atoms with E-state index in [2.05, 4.69) is 134 Å². The Hall–Kier alpha value is -3.30. The van der Waals surface area contributed by atoms with Gasteiger partial charge in [-0.05, 0) is 58.1 Å². The fourth-order valence-corrected chi connectivity index (χ4v) is 6.13. The van der Waals surface area contributed by atoms with E-state index in [4.69, 9.17) is 4.42 Å².